The predicted molar refractivity (Wildman–Crippen MR) is 131 cm³/mol. The van der Waals surface area contributed by atoms with Gasteiger partial charge in [-0.05, 0) is 48.5 Å². The smallest absolute Gasteiger partial charge is 0.233 e. The molecule has 0 saturated carbocycles. The summed E-state index contributed by atoms with van der Waals surface area (Å²) in [5.74, 6) is 0.773. The number of hydrogen-bond acceptors (Lipinski definition) is 6. The van der Waals surface area contributed by atoms with Crippen molar-refractivity contribution < 1.29 is 9.18 Å². The molecule has 0 N–H and O–H groups in total. The summed E-state index contributed by atoms with van der Waals surface area (Å²) in [7, 11) is 0. The van der Waals surface area contributed by atoms with Crippen molar-refractivity contribution in [1.29, 1.82) is 0 Å². The van der Waals surface area contributed by atoms with Crippen molar-refractivity contribution in [3.05, 3.63) is 84.9 Å². The lowest BCUT2D eigenvalue weighted by molar-refractivity contribution is -0.128. The molecule has 1 amide bonds. The maximum absolute atomic E-state index is 13.2. The molecule has 1 fully saturated rings. The number of benzene rings is 2. The number of halogens is 1. The molecule has 0 atom stereocenters. The fourth-order valence-electron chi connectivity index (χ4n) is 3.94. The summed E-state index contributed by atoms with van der Waals surface area (Å²) >= 11 is 1.38. The molecule has 1 aliphatic heterocycles. The average Bonchev–Trinajstić information content (AvgIpc) is 3.33. The first-order chi connectivity index (χ1) is 16.7. The first-order valence-corrected chi connectivity index (χ1v) is 12.0. The van der Waals surface area contributed by atoms with Crippen LogP contribution in [0.15, 0.2) is 84.3 Å². The molecule has 2 aromatic heterocycles. The molecular weight excluding hydrogens is 451 g/mol. The van der Waals surface area contributed by atoms with E-state index in [1.165, 1.54) is 23.9 Å². The second-order valence-corrected chi connectivity index (χ2v) is 8.79. The standard InChI is InChI=1S/C25H23FN6OS/c26-20-8-10-21(11-9-20)30-13-15-31(16-14-30)23(33)18-34-25-29-28-24(19-5-4-12-27-17-19)32(25)22-6-2-1-3-7-22/h1-12,17H,13-16,18H2. The lowest BCUT2D eigenvalue weighted by Gasteiger charge is -2.36. The largest absolute Gasteiger partial charge is 0.368 e. The number of thioether (sulfide) groups is 1. The van der Waals surface area contributed by atoms with Gasteiger partial charge in [0.1, 0.15) is 5.82 Å². The number of carbonyl (C=O) groups excluding carboxylic acids is 1. The molecule has 172 valence electrons. The molecular formula is C25H23FN6OS. The van der Waals surface area contributed by atoms with E-state index in [1.54, 1.807) is 24.5 Å². The number of amides is 1. The highest BCUT2D eigenvalue weighted by molar-refractivity contribution is 7.99. The van der Waals surface area contributed by atoms with Crippen LogP contribution in [0.25, 0.3) is 17.1 Å². The van der Waals surface area contributed by atoms with E-state index in [4.69, 9.17) is 0 Å². The number of nitrogens with zero attached hydrogens (tertiary/aromatic N) is 6. The van der Waals surface area contributed by atoms with Gasteiger partial charge in [0.25, 0.3) is 0 Å². The lowest BCUT2D eigenvalue weighted by atomic mass is 10.2. The van der Waals surface area contributed by atoms with Gasteiger partial charge in [-0.25, -0.2) is 4.39 Å². The van der Waals surface area contributed by atoms with Gasteiger partial charge in [0.2, 0.25) is 5.91 Å². The van der Waals surface area contributed by atoms with E-state index in [-0.39, 0.29) is 17.5 Å². The topological polar surface area (TPSA) is 67.2 Å². The van der Waals surface area contributed by atoms with Crippen molar-refractivity contribution in [2.75, 3.05) is 36.8 Å². The Balaban J connectivity index is 1.27. The normalized spacial score (nSPS) is 13.8. The maximum Gasteiger partial charge on any atom is 0.233 e. The summed E-state index contributed by atoms with van der Waals surface area (Å²) in [5, 5.41) is 9.44. The molecule has 3 heterocycles. The number of anilines is 1. The van der Waals surface area contributed by atoms with Gasteiger partial charge in [-0.15, -0.1) is 10.2 Å². The summed E-state index contributed by atoms with van der Waals surface area (Å²) in [6.45, 7) is 2.69. The zero-order valence-corrected chi connectivity index (χ0v) is 19.2. The van der Waals surface area contributed by atoms with E-state index in [0.717, 1.165) is 16.9 Å². The molecule has 34 heavy (non-hydrogen) atoms. The molecule has 0 aliphatic carbocycles. The molecule has 5 rings (SSSR count). The van der Waals surface area contributed by atoms with E-state index in [2.05, 4.69) is 20.1 Å². The Bertz CT molecular complexity index is 1240. The minimum Gasteiger partial charge on any atom is -0.368 e. The van der Waals surface area contributed by atoms with Crippen LogP contribution in [-0.4, -0.2) is 62.5 Å². The zero-order chi connectivity index (χ0) is 23.3. The third-order valence-electron chi connectivity index (χ3n) is 5.72. The number of aromatic nitrogens is 4. The van der Waals surface area contributed by atoms with Crippen LogP contribution >= 0.6 is 11.8 Å². The van der Waals surface area contributed by atoms with Crippen molar-refractivity contribution in [1.82, 2.24) is 24.6 Å². The Morgan fingerprint density at radius 3 is 2.35 bits per heavy atom. The van der Waals surface area contributed by atoms with Gasteiger partial charge < -0.3 is 9.80 Å². The molecule has 9 heteroatoms. The van der Waals surface area contributed by atoms with Crippen molar-refractivity contribution in [3.8, 4) is 17.1 Å². The monoisotopic (exact) mass is 474 g/mol. The SMILES string of the molecule is O=C(CSc1nnc(-c2cccnc2)n1-c1ccccc1)N1CCN(c2ccc(F)cc2)CC1. The molecule has 2 aromatic carbocycles. The second kappa shape index (κ2) is 10.0. The molecule has 1 aliphatic rings. The number of hydrogen-bond donors (Lipinski definition) is 0. The highest BCUT2D eigenvalue weighted by Gasteiger charge is 2.23. The predicted octanol–water partition coefficient (Wildman–Crippen LogP) is 3.91. The van der Waals surface area contributed by atoms with E-state index < -0.39 is 0 Å². The Morgan fingerprint density at radius 1 is 0.882 bits per heavy atom. The molecule has 0 radical (unpaired) electrons. The lowest BCUT2D eigenvalue weighted by Crippen LogP contribution is -2.49. The van der Waals surface area contributed by atoms with Crippen molar-refractivity contribution in [3.63, 3.8) is 0 Å². The average molecular weight is 475 g/mol. The van der Waals surface area contributed by atoms with E-state index in [9.17, 15) is 9.18 Å². The fourth-order valence-corrected chi connectivity index (χ4v) is 4.79. The zero-order valence-electron chi connectivity index (χ0n) is 18.4. The fraction of sp³-hybridized carbons (Fsp3) is 0.200. The van der Waals surface area contributed by atoms with E-state index in [0.29, 0.717) is 37.2 Å². The first kappa shape index (κ1) is 22.1. The second-order valence-electron chi connectivity index (χ2n) is 7.85. The quantitative estimate of drug-likeness (QED) is 0.395. The number of rotatable bonds is 6. The molecule has 0 spiro atoms. The minimum absolute atomic E-state index is 0.0642. The Labute approximate surface area is 201 Å². The van der Waals surface area contributed by atoms with Crippen LogP contribution < -0.4 is 4.90 Å². The molecule has 1 saturated heterocycles. The number of carbonyl (C=O) groups is 1. The molecule has 0 bridgehead atoms. The van der Waals surface area contributed by atoms with Crippen LogP contribution in [0, 0.1) is 5.82 Å². The van der Waals surface area contributed by atoms with E-state index in [1.807, 2.05) is 51.9 Å². The Morgan fingerprint density at radius 2 is 1.65 bits per heavy atom. The van der Waals surface area contributed by atoms with Gasteiger partial charge in [0.05, 0.1) is 5.75 Å². The van der Waals surface area contributed by atoms with Gasteiger partial charge in [-0.1, -0.05) is 30.0 Å². The highest BCUT2D eigenvalue weighted by atomic mass is 32.2. The van der Waals surface area contributed by atoms with Gasteiger partial charge in [-0.2, -0.15) is 0 Å². The van der Waals surface area contributed by atoms with Crippen LogP contribution in [-0.2, 0) is 4.79 Å². The van der Waals surface area contributed by atoms with Gasteiger partial charge >= 0.3 is 0 Å². The van der Waals surface area contributed by atoms with Gasteiger partial charge in [0, 0.05) is 55.5 Å². The summed E-state index contributed by atoms with van der Waals surface area (Å²) in [5.41, 5.74) is 2.75. The van der Waals surface area contributed by atoms with Crippen LogP contribution in [0.3, 0.4) is 0 Å². The number of pyridine rings is 1. The first-order valence-electron chi connectivity index (χ1n) is 11.0. The number of para-hydroxylation sites is 1. The van der Waals surface area contributed by atoms with Crippen molar-refractivity contribution in [2.24, 2.45) is 0 Å². The summed E-state index contributed by atoms with van der Waals surface area (Å²) in [6.07, 6.45) is 3.47. The third kappa shape index (κ3) is 4.79. The Kier molecular flexibility index (Phi) is 6.53. The minimum atomic E-state index is -0.246. The third-order valence-corrected chi connectivity index (χ3v) is 6.63. The summed E-state index contributed by atoms with van der Waals surface area (Å²) < 4.78 is 15.2. The molecule has 7 nitrogen and oxygen atoms in total. The van der Waals surface area contributed by atoms with Gasteiger partial charge in [0.15, 0.2) is 11.0 Å². The highest BCUT2D eigenvalue weighted by Crippen LogP contribution is 2.28. The van der Waals surface area contributed by atoms with Gasteiger partial charge in [-0.3, -0.25) is 14.3 Å². The molecule has 0 unspecified atom stereocenters. The van der Waals surface area contributed by atoms with Crippen LogP contribution in [0.1, 0.15) is 0 Å². The van der Waals surface area contributed by atoms with Crippen LogP contribution in [0.5, 0.6) is 0 Å². The van der Waals surface area contributed by atoms with Crippen molar-refractivity contribution >= 4 is 23.4 Å². The number of piperazine rings is 1. The van der Waals surface area contributed by atoms with Crippen molar-refractivity contribution in [2.45, 2.75) is 5.16 Å². The van der Waals surface area contributed by atoms with Crippen LogP contribution in [0.4, 0.5) is 10.1 Å². The maximum atomic E-state index is 13.2. The van der Waals surface area contributed by atoms with E-state index >= 15 is 0 Å². The molecule has 4 aromatic rings. The summed E-state index contributed by atoms with van der Waals surface area (Å²) in [4.78, 5) is 21.2. The summed E-state index contributed by atoms with van der Waals surface area (Å²) in [6, 6.07) is 20.1. The van der Waals surface area contributed by atoms with Crippen LogP contribution in [0.2, 0.25) is 0 Å². The Hall–Kier alpha value is -3.72.